The van der Waals surface area contributed by atoms with Gasteiger partial charge in [-0.25, -0.2) is 0 Å². The Hall–Kier alpha value is -2.55. The van der Waals surface area contributed by atoms with Gasteiger partial charge in [0.05, 0.1) is 12.8 Å². The zero-order chi connectivity index (χ0) is 14.7. The number of hydrogen-bond donors (Lipinski definition) is 1. The molecule has 3 aromatic rings. The Kier molecular flexibility index (Phi) is 3.73. The molecule has 2 aromatic carbocycles. The van der Waals surface area contributed by atoms with Crippen molar-refractivity contribution in [1.29, 1.82) is 0 Å². The average Bonchev–Trinajstić information content (AvgIpc) is 2.53. The van der Waals surface area contributed by atoms with Gasteiger partial charge < -0.3 is 10.1 Å². The van der Waals surface area contributed by atoms with Gasteiger partial charge in [-0.3, -0.25) is 4.98 Å². The minimum absolute atomic E-state index is 0.751. The number of fused-ring (bicyclic) bond motifs is 1. The number of pyridine rings is 1. The summed E-state index contributed by atoms with van der Waals surface area (Å²) in [4.78, 5) is 4.17. The normalized spacial score (nSPS) is 10.6. The lowest BCUT2D eigenvalue weighted by molar-refractivity contribution is 0.416. The van der Waals surface area contributed by atoms with E-state index in [4.69, 9.17) is 4.74 Å². The molecule has 0 spiro atoms. The van der Waals surface area contributed by atoms with E-state index in [0.29, 0.717) is 0 Å². The van der Waals surface area contributed by atoms with Crippen LogP contribution in [0.2, 0.25) is 0 Å². The first-order chi connectivity index (χ1) is 10.3. The Balaban J connectivity index is 1.89. The Bertz CT molecular complexity index is 763. The highest BCUT2D eigenvalue weighted by Crippen LogP contribution is 2.26. The third kappa shape index (κ3) is 2.82. The van der Waals surface area contributed by atoms with Gasteiger partial charge in [-0.05, 0) is 41.6 Å². The van der Waals surface area contributed by atoms with E-state index in [-0.39, 0.29) is 0 Å². The summed E-state index contributed by atoms with van der Waals surface area (Å²) in [5, 5.41) is 5.86. The van der Waals surface area contributed by atoms with Gasteiger partial charge in [-0.15, -0.1) is 0 Å². The van der Waals surface area contributed by atoms with Crippen LogP contribution in [0.25, 0.3) is 10.8 Å². The molecule has 1 N–H and O–H groups in total. The molecule has 0 radical (unpaired) electrons. The van der Waals surface area contributed by atoms with Gasteiger partial charge in [0.25, 0.3) is 0 Å². The summed E-state index contributed by atoms with van der Waals surface area (Å²) in [7, 11) is 1.69. The van der Waals surface area contributed by atoms with Gasteiger partial charge in [0.1, 0.15) is 5.75 Å². The maximum atomic E-state index is 5.40. The second kappa shape index (κ2) is 5.83. The van der Waals surface area contributed by atoms with Crippen molar-refractivity contribution in [2.45, 2.75) is 13.5 Å². The molecule has 0 aliphatic rings. The molecular weight excluding hydrogens is 260 g/mol. The maximum Gasteiger partial charge on any atom is 0.141 e. The van der Waals surface area contributed by atoms with E-state index in [2.05, 4.69) is 47.6 Å². The first-order valence-electron chi connectivity index (χ1n) is 6.98. The van der Waals surface area contributed by atoms with Crippen molar-refractivity contribution in [2.24, 2.45) is 0 Å². The number of methoxy groups -OCH3 is 1. The van der Waals surface area contributed by atoms with E-state index in [1.54, 1.807) is 7.11 Å². The molecule has 3 nitrogen and oxygen atoms in total. The molecule has 3 heteroatoms. The number of rotatable bonds is 4. The highest BCUT2D eigenvalue weighted by molar-refractivity contribution is 5.85. The van der Waals surface area contributed by atoms with E-state index < -0.39 is 0 Å². The lowest BCUT2D eigenvalue weighted by atomic mass is 10.1. The van der Waals surface area contributed by atoms with Gasteiger partial charge in [0, 0.05) is 24.3 Å². The van der Waals surface area contributed by atoms with Crippen LogP contribution in [0.1, 0.15) is 11.1 Å². The number of nitrogens with zero attached hydrogens (tertiary/aromatic N) is 1. The second-order valence-corrected chi connectivity index (χ2v) is 5.07. The van der Waals surface area contributed by atoms with E-state index in [9.17, 15) is 0 Å². The molecule has 0 atom stereocenters. The molecule has 106 valence electrons. The zero-order valence-electron chi connectivity index (χ0n) is 12.3. The van der Waals surface area contributed by atoms with Crippen LogP contribution in [0, 0.1) is 6.92 Å². The number of nitrogens with one attached hydrogen (secondary N) is 1. The Morgan fingerprint density at radius 2 is 2.05 bits per heavy atom. The summed E-state index contributed by atoms with van der Waals surface area (Å²) in [5.74, 6) is 0.863. The first kappa shape index (κ1) is 13.4. The number of ether oxygens (including phenoxy) is 1. The minimum atomic E-state index is 0.751. The summed E-state index contributed by atoms with van der Waals surface area (Å²) in [5.41, 5.74) is 3.47. The Morgan fingerprint density at radius 1 is 1.14 bits per heavy atom. The molecule has 0 amide bonds. The largest absolute Gasteiger partial charge is 0.495 e. The number of aryl methyl sites for hydroxylation is 1. The van der Waals surface area contributed by atoms with E-state index >= 15 is 0 Å². The van der Waals surface area contributed by atoms with Crippen LogP contribution >= 0.6 is 0 Å². The van der Waals surface area contributed by atoms with Crippen LogP contribution < -0.4 is 10.1 Å². The van der Waals surface area contributed by atoms with Gasteiger partial charge in [0.15, 0.2) is 0 Å². The van der Waals surface area contributed by atoms with Gasteiger partial charge in [-0.2, -0.15) is 0 Å². The van der Waals surface area contributed by atoms with Crippen molar-refractivity contribution in [3.05, 3.63) is 66.0 Å². The number of benzene rings is 2. The van der Waals surface area contributed by atoms with Crippen molar-refractivity contribution in [3.8, 4) is 5.75 Å². The van der Waals surface area contributed by atoms with Crippen LogP contribution in [-0.2, 0) is 6.54 Å². The highest BCUT2D eigenvalue weighted by atomic mass is 16.5. The molecule has 0 unspecified atom stereocenters. The SMILES string of the molecule is COc1ccc(C)cc1NCc1cccc2cnccc12. The molecule has 0 aliphatic carbocycles. The fourth-order valence-electron chi connectivity index (χ4n) is 2.49. The van der Waals surface area contributed by atoms with Gasteiger partial charge in [0.2, 0.25) is 0 Å². The summed E-state index contributed by atoms with van der Waals surface area (Å²) in [6.45, 7) is 2.83. The van der Waals surface area contributed by atoms with E-state index in [1.807, 2.05) is 24.5 Å². The predicted octanol–water partition coefficient (Wildman–Crippen LogP) is 4.16. The molecule has 0 bridgehead atoms. The molecule has 0 saturated heterocycles. The molecule has 21 heavy (non-hydrogen) atoms. The summed E-state index contributed by atoms with van der Waals surface area (Å²) in [6.07, 6.45) is 3.73. The third-order valence-electron chi connectivity index (χ3n) is 3.60. The van der Waals surface area contributed by atoms with Crippen molar-refractivity contribution < 1.29 is 4.74 Å². The molecule has 1 heterocycles. The smallest absolute Gasteiger partial charge is 0.141 e. The maximum absolute atomic E-state index is 5.40. The zero-order valence-corrected chi connectivity index (χ0v) is 12.3. The quantitative estimate of drug-likeness (QED) is 0.778. The highest BCUT2D eigenvalue weighted by Gasteiger charge is 2.05. The van der Waals surface area contributed by atoms with Gasteiger partial charge >= 0.3 is 0 Å². The molecule has 0 aliphatic heterocycles. The van der Waals surface area contributed by atoms with Gasteiger partial charge in [-0.1, -0.05) is 24.3 Å². The fourth-order valence-corrected chi connectivity index (χ4v) is 2.49. The molecular formula is C18H18N2O. The fraction of sp³-hybridized carbons (Fsp3) is 0.167. The van der Waals surface area contributed by atoms with Crippen LogP contribution in [0.15, 0.2) is 54.9 Å². The first-order valence-corrected chi connectivity index (χ1v) is 6.98. The molecule has 0 fully saturated rings. The second-order valence-electron chi connectivity index (χ2n) is 5.07. The Labute approximate surface area is 124 Å². The van der Waals surface area contributed by atoms with Crippen molar-refractivity contribution >= 4 is 16.5 Å². The average molecular weight is 278 g/mol. The van der Waals surface area contributed by atoms with Crippen LogP contribution in [0.4, 0.5) is 5.69 Å². The standard InChI is InChI=1S/C18H18N2O/c1-13-6-7-18(21-2)17(10-13)20-12-15-5-3-4-14-11-19-9-8-16(14)15/h3-11,20H,12H2,1-2H3. The molecule has 1 aromatic heterocycles. The van der Waals surface area contributed by atoms with Crippen molar-refractivity contribution in [3.63, 3.8) is 0 Å². The van der Waals surface area contributed by atoms with Crippen LogP contribution in [-0.4, -0.2) is 12.1 Å². The molecule has 0 saturated carbocycles. The van der Waals surface area contributed by atoms with Crippen molar-refractivity contribution in [2.75, 3.05) is 12.4 Å². The molecule has 3 rings (SSSR count). The summed E-state index contributed by atoms with van der Waals surface area (Å²) in [6, 6.07) is 14.5. The lowest BCUT2D eigenvalue weighted by Gasteiger charge is -2.13. The monoisotopic (exact) mass is 278 g/mol. The summed E-state index contributed by atoms with van der Waals surface area (Å²) < 4.78 is 5.40. The number of anilines is 1. The van der Waals surface area contributed by atoms with E-state index in [1.165, 1.54) is 16.5 Å². The van der Waals surface area contributed by atoms with Crippen molar-refractivity contribution in [1.82, 2.24) is 4.98 Å². The minimum Gasteiger partial charge on any atom is -0.495 e. The lowest BCUT2D eigenvalue weighted by Crippen LogP contribution is -2.02. The van der Waals surface area contributed by atoms with E-state index in [0.717, 1.165) is 23.4 Å². The number of hydrogen-bond acceptors (Lipinski definition) is 3. The van der Waals surface area contributed by atoms with Crippen LogP contribution in [0.3, 0.4) is 0 Å². The number of aromatic nitrogens is 1. The van der Waals surface area contributed by atoms with Crippen LogP contribution in [0.5, 0.6) is 5.75 Å². The summed E-state index contributed by atoms with van der Waals surface area (Å²) >= 11 is 0. The predicted molar refractivity (Wildman–Crippen MR) is 86.8 cm³/mol. The topological polar surface area (TPSA) is 34.1 Å². The Morgan fingerprint density at radius 3 is 2.90 bits per heavy atom. The third-order valence-corrected chi connectivity index (χ3v) is 3.60.